The Hall–Kier alpha value is -3.19. The van der Waals surface area contributed by atoms with Crippen molar-refractivity contribution in [2.45, 2.75) is 39.5 Å². The smallest absolute Gasteiger partial charge is 0.227 e. The van der Waals surface area contributed by atoms with Crippen LogP contribution in [-0.4, -0.2) is 34.8 Å². The van der Waals surface area contributed by atoms with Gasteiger partial charge in [0.15, 0.2) is 6.29 Å². The van der Waals surface area contributed by atoms with Gasteiger partial charge in [-0.25, -0.2) is 9.97 Å². The monoisotopic (exact) mass is 405 g/mol. The van der Waals surface area contributed by atoms with Gasteiger partial charge in [0.25, 0.3) is 0 Å². The second-order valence-electron chi connectivity index (χ2n) is 7.58. The molecule has 1 amide bonds. The highest BCUT2D eigenvalue weighted by Gasteiger charge is 2.33. The molecule has 0 radical (unpaired) electrons. The van der Waals surface area contributed by atoms with Crippen molar-refractivity contribution in [3.05, 3.63) is 59.8 Å². The summed E-state index contributed by atoms with van der Waals surface area (Å²) in [5, 5.41) is 10.6. The summed E-state index contributed by atoms with van der Waals surface area (Å²) in [7, 11) is 0. The quantitative estimate of drug-likeness (QED) is 0.584. The molecule has 0 spiro atoms. The second-order valence-corrected chi connectivity index (χ2v) is 7.58. The Labute approximate surface area is 176 Å². The van der Waals surface area contributed by atoms with Crippen LogP contribution in [0.25, 0.3) is 10.9 Å². The van der Waals surface area contributed by atoms with E-state index in [9.17, 15) is 4.79 Å². The molecule has 30 heavy (non-hydrogen) atoms. The van der Waals surface area contributed by atoms with Crippen LogP contribution in [0, 0.1) is 12.8 Å². The van der Waals surface area contributed by atoms with Crippen molar-refractivity contribution >= 4 is 22.8 Å². The van der Waals surface area contributed by atoms with Crippen LogP contribution in [0.1, 0.15) is 25.1 Å². The van der Waals surface area contributed by atoms with E-state index in [0.717, 1.165) is 27.9 Å². The molecular formula is C23H27N5O2. The fraction of sp³-hybridized carbons (Fsp3) is 0.348. The first-order valence-electron chi connectivity index (χ1n) is 10.3. The predicted molar refractivity (Wildman–Crippen MR) is 117 cm³/mol. The maximum Gasteiger partial charge on any atom is 0.227 e. The van der Waals surface area contributed by atoms with Crippen LogP contribution in [-0.2, 0) is 11.2 Å². The van der Waals surface area contributed by atoms with Gasteiger partial charge in [0.1, 0.15) is 5.75 Å². The third kappa shape index (κ3) is 4.36. The molecule has 7 nitrogen and oxygen atoms in total. The Morgan fingerprint density at radius 1 is 1.13 bits per heavy atom. The molecule has 156 valence electrons. The fourth-order valence-electron chi connectivity index (χ4n) is 3.82. The van der Waals surface area contributed by atoms with Crippen LogP contribution >= 0.6 is 0 Å². The maximum atomic E-state index is 12.7. The maximum absolute atomic E-state index is 12.7. The SMILES string of the molecule is CCOc1ccc2nc(NC3NC(=O)C(Cc4ccccc4)C(C)N3)nc(C)c2c1. The van der Waals surface area contributed by atoms with Crippen LogP contribution in [0.3, 0.4) is 0 Å². The lowest BCUT2D eigenvalue weighted by atomic mass is 9.91. The van der Waals surface area contributed by atoms with Crippen molar-refractivity contribution in [3.8, 4) is 5.75 Å². The van der Waals surface area contributed by atoms with Crippen molar-refractivity contribution in [2.24, 2.45) is 5.92 Å². The molecule has 1 fully saturated rings. The van der Waals surface area contributed by atoms with Crippen LogP contribution < -0.4 is 20.7 Å². The van der Waals surface area contributed by atoms with Crippen LogP contribution in [0.5, 0.6) is 5.75 Å². The highest BCUT2D eigenvalue weighted by molar-refractivity contribution is 5.83. The third-order valence-electron chi connectivity index (χ3n) is 5.40. The zero-order chi connectivity index (χ0) is 21.1. The van der Waals surface area contributed by atoms with Crippen LogP contribution in [0.15, 0.2) is 48.5 Å². The lowest BCUT2D eigenvalue weighted by molar-refractivity contribution is -0.128. The molecule has 3 unspecified atom stereocenters. The summed E-state index contributed by atoms with van der Waals surface area (Å²) < 4.78 is 5.57. The zero-order valence-electron chi connectivity index (χ0n) is 17.5. The Kier molecular flexibility index (Phi) is 5.81. The first-order chi connectivity index (χ1) is 14.5. The van der Waals surface area contributed by atoms with Crippen LogP contribution in [0.4, 0.5) is 5.95 Å². The number of benzene rings is 2. The number of nitrogens with zero attached hydrogens (tertiary/aromatic N) is 2. The summed E-state index contributed by atoms with van der Waals surface area (Å²) in [5.74, 6) is 1.15. The summed E-state index contributed by atoms with van der Waals surface area (Å²) in [6.07, 6.45) is 0.264. The van der Waals surface area contributed by atoms with Gasteiger partial charge in [0.05, 0.1) is 23.7 Å². The number of hydrogen-bond acceptors (Lipinski definition) is 6. The van der Waals surface area contributed by atoms with E-state index in [-0.39, 0.29) is 17.9 Å². The normalized spacial score (nSPS) is 21.3. The van der Waals surface area contributed by atoms with Crippen molar-refractivity contribution < 1.29 is 9.53 Å². The molecular weight excluding hydrogens is 378 g/mol. The van der Waals surface area contributed by atoms with Gasteiger partial charge in [0.2, 0.25) is 11.9 Å². The van der Waals surface area contributed by atoms with Gasteiger partial charge in [0, 0.05) is 11.4 Å². The molecule has 4 rings (SSSR count). The van der Waals surface area contributed by atoms with E-state index in [2.05, 4.69) is 25.9 Å². The Balaban J connectivity index is 1.46. The van der Waals surface area contributed by atoms with Gasteiger partial charge in [-0.3, -0.25) is 10.1 Å². The zero-order valence-corrected chi connectivity index (χ0v) is 17.5. The molecule has 0 saturated carbocycles. The number of aromatic nitrogens is 2. The molecule has 1 saturated heterocycles. The van der Waals surface area contributed by atoms with Gasteiger partial charge in [-0.05, 0) is 51.0 Å². The molecule has 2 heterocycles. The first-order valence-corrected chi connectivity index (χ1v) is 10.3. The topological polar surface area (TPSA) is 88.2 Å². The molecule has 0 aliphatic carbocycles. The largest absolute Gasteiger partial charge is 0.494 e. The Morgan fingerprint density at radius 2 is 1.93 bits per heavy atom. The second kappa shape index (κ2) is 8.67. The highest BCUT2D eigenvalue weighted by Crippen LogP contribution is 2.23. The Bertz CT molecular complexity index is 1040. The number of carbonyl (C=O) groups excluding carboxylic acids is 1. The molecule has 7 heteroatoms. The van der Waals surface area contributed by atoms with E-state index in [1.807, 2.05) is 69.3 Å². The molecule has 2 aromatic carbocycles. The lowest BCUT2D eigenvalue weighted by Crippen LogP contribution is -2.63. The van der Waals surface area contributed by atoms with Crippen LogP contribution in [0.2, 0.25) is 0 Å². The summed E-state index contributed by atoms with van der Waals surface area (Å²) in [6, 6.07) is 15.9. The van der Waals surface area contributed by atoms with E-state index in [4.69, 9.17) is 4.74 Å². The average molecular weight is 406 g/mol. The summed E-state index contributed by atoms with van der Waals surface area (Å²) in [4.78, 5) is 21.9. The third-order valence-corrected chi connectivity index (χ3v) is 5.40. The standard InChI is InChI=1S/C23H27N5O2/c1-4-30-17-10-11-20-18(13-17)14(2)24-22(26-20)28-23-25-15(3)19(21(29)27-23)12-16-8-6-5-7-9-16/h5-11,13,15,19,23,25H,4,12H2,1-3H3,(H,27,29)(H,24,26,28). The number of amides is 1. The molecule has 1 aliphatic heterocycles. The highest BCUT2D eigenvalue weighted by atomic mass is 16.5. The minimum atomic E-state index is -0.431. The molecule has 3 atom stereocenters. The number of carbonyl (C=O) groups is 1. The van der Waals surface area contributed by atoms with Crippen molar-refractivity contribution in [1.29, 1.82) is 0 Å². The molecule has 1 aliphatic rings. The van der Waals surface area contributed by atoms with Gasteiger partial charge in [-0.1, -0.05) is 30.3 Å². The summed E-state index contributed by atoms with van der Waals surface area (Å²) >= 11 is 0. The average Bonchev–Trinajstić information content (AvgIpc) is 2.72. The van der Waals surface area contributed by atoms with E-state index in [0.29, 0.717) is 19.0 Å². The number of fused-ring (bicyclic) bond motifs is 1. The van der Waals surface area contributed by atoms with Gasteiger partial charge in [-0.2, -0.15) is 0 Å². The lowest BCUT2D eigenvalue weighted by Gasteiger charge is -2.36. The van der Waals surface area contributed by atoms with Gasteiger partial charge in [-0.15, -0.1) is 0 Å². The van der Waals surface area contributed by atoms with E-state index >= 15 is 0 Å². The van der Waals surface area contributed by atoms with Crippen molar-refractivity contribution in [3.63, 3.8) is 0 Å². The van der Waals surface area contributed by atoms with E-state index < -0.39 is 6.29 Å². The minimum Gasteiger partial charge on any atom is -0.494 e. The van der Waals surface area contributed by atoms with Crippen molar-refractivity contribution in [1.82, 2.24) is 20.6 Å². The number of nitrogens with one attached hydrogen (secondary N) is 3. The Morgan fingerprint density at radius 3 is 2.67 bits per heavy atom. The number of anilines is 1. The summed E-state index contributed by atoms with van der Waals surface area (Å²) in [5.41, 5.74) is 2.82. The molecule has 3 aromatic rings. The fourth-order valence-corrected chi connectivity index (χ4v) is 3.82. The number of aryl methyl sites for hydroxylation is 1. The van der Waals surface area contributed by atoms with Gasteiger partial charge < -0.3 is 15.4 Å². The molecule has 3 N–H and O–H groups in total. The van der Waals surface area contributed by atoms with E-state index in [1.54, 1.807) is 0 Å². The first kappa shape index (κ1) is 20.1. The number of ether oxygens (including phenoxy) is 1. The van der Waals surface area contributed by atoms with Gasteiger partial charge >= 0.3 is 0 Å². The number of rotatable bonds is 6. The van der Waals surface area contributed by atoms with Crippen molar-refractivity contribution in [2.75, 3.05) is 11.9 Å². The summed E-state index contributed by atoms with van der Waals surface area (Å²) in [6.45, 7) is 6.54. The molecule has 0 bridgehead atoms. The predicted octanol–water partition coefficient (Wildman–Crippen LogP) is 3.00. The number of hydrogen-bond donors (Lipinski definition) is 3. The molecule has 1 aromatic heterocycles. The van der Waals surface area contributed by atoms with E-state index in [1.165, 1.54) is 0 Å². The minimum absolute atomic E-state index is 0.00626.